The first kappa shape index (κ1) is 10.3. The third-order valence-corrected chi connectivity index (χ3v) is 4.55. The highest BCUT2D eigenvalue weighted by atomic mass is 79.9. The van der Waals surface area contributed by atoms with E-state index in [2.05, 4.69) is 31.6 Å². The number of nitrogens with zero attached hydrogens (tertiary/aromatic N) is 3. The standard InChI is InChI=1S/C12H14BrN3/c13-10-9-4-1-2-7-16(9)11(15-10)12(8-14)5-3-6-12/h1-7H2. The largest absolute Gasteiger partial charge is 0.330 e. The Hall–Kier alpha value is -0.820. The summed E-state index contributed by atoms with van der Waals surface area (Å²) in [6.07, 6.45) is 6.66. The van der Waals surface area contributed by atoms with Gasteiger partial charge in [0.2, 0.25) is 0 Å². The van der Waals surface area contributed by atoms with E-state index in [9.17, 15) is 5.26 Å². The molecule has 0 aromatic carbocycles. The Morgan fingerprint density at radius 2 is 2.12 bits per heavy atom. The van der Waals surface area contributed by atoms with E-state index < -0.39 is 0 Å². The van der Waals surface area contributed by atoms with Crippen LogP contribution in [-0.4, -0.2) is 9.55 Å². The lowest BCUT2D eigenvalue weighted by molar-refractivity contribution is 0.292. The Morgan fingerprint density at radius 3 is 2.75 bits per heavy atom. The van der Waals surface area contributed by atoms with Crippen LogP contribution >= 0.6 is 15.9 Å². The lowest BCUT2D eigenvalue weighted by Crippen LogP contribution is -2.36. The van der Waals surface area contributed by atoms with E-state index in [1.54, 1.807) is 0 Å². The minimum absolute atomic E-state index is 0.280. The van der Waals surface area contributed by atoms with Crippen molar-refractivity contribution in [3.05, 3.63) is 16.1 Å². The van der Waals surface area contributed by atoms with Gasteiger partial charge in [0.05, 0.1) is 11.8 Å². The van der Waals surface area contributed by atoms with Crippen LogP contribution in [0.2, 0.25) is 0 Å². The van der Waals surface area contributed by atoms with Gasteiger partial charge >= 0.3 is 0 Å². The molecule has 3 nitrogen and oxygen atoms in total. The summed E-state index contributed by atoms with van der Waals surface area (Å²) < 4.78 is 3.25. The second-order valence-electron chi connectivity index (χ2n) is 4.83. The second kappa shape index (κ2) is 3.59. The molecular weight excluding hydrogens is 266 g/mol. The van der Waals surface area contributed by atoms with Gasteiger partial charge < -0.3 is 4.57 Å². The fourth-order valence-corrected chi connectivity index (χ4v) is 3.36. The topological polar surface area (TPSA) is 41.6 Å². The van der Waals surface area contributed by atoms with E-state index in [-0.39, 0.29) is 5.41 Å². The van der Waals surface area contributed by atoms with E-state index in [0.717, 1.165) is 42.7 Å². The summed E-state index contributed by atoms with van der Waals surface area (Å²) in [7, 11) is 0. The molecule has 84 valence electrons. The summed E-state index contributed by atoms with van der Waals surface area (Å²) in [5, 5.41) is 9.38. The molecule has 2 aliphatic rings. The molecule has 1 aliphatic carbocycles. The molecule has 0 spiro atoms. The SMILES string of the molecule is N#CC1(c2nc(Br)c3n2CCCC3)CCC1. The van der Waals surface area contributed by atoms with Gasteiger partial charge in [0.25, 0.3) is 0 Å². The first-order chi connectivity index (χ1) is 7.77. The van der Waals surface area contributed by atoms with Crippen molar-refractivity contribution in [2.45, 2.75) is 50.5 Å². The van der Waals surface area contributed by atoms with Gasteiger partial charge in [-0.2, -0.15) is 5.26 Å². The van der Waals surface area contributed by atoms with E-state index in [4.69, 9.17) is 0 Å². The van der Waals surface area contributed by atoms with Gasteiger partial charge in [-0.1, -0.05) is 0 Å². The molecule has 2 heterocycles. The lowest BCUT2D eigenvalue weighted by atomic mass is 9.69. The van der Waals surface area contributed by atoms with Crippen LogP contribution in [0, 0.1) is 11.3 Å². The maximum atomic E-state index is 9.38. The molecular formula is C12H14BrN3. The van der Waals surface area contributed by atoms with Crippen LogP contribution in [0.4, 0.5) is 0 Å². The number of imidazole rings is 1. The highest BCUT2D eigenvalue weighted by Crippen LogP contribution is 2.44. The summed E-state index contributed by atoms with van der Waals surface area (Å²) >= 11 is 3.54. The third-order valence-electron chi connectivity index (χ3n) is 3.92. The van der Waals surface area contributed by atoms with Gasteiger partial charge in [-0.05, 0) is 54.5 Å². The highest BCUT2D eigenvalue weighted by molar-refractivity contribution is 9.10. The number of halogens is 1. The minimum Gasteiger partial charge on any atom is -0.330 e. The molecule has 4 heteroatoms. The average molecular weight is 280 g/mol. The molecule has 0 atom stereocenters. The molecule has 1 saturated carbocycles. The van der Waals surface area contributed by atoms with Gasteiger partial charge in [-0.15, -0.1) is 0 Å². The van der Waals surface area contributed by atoms with E-state index in [1.165, 1.54) is 18.5 Å². The summed E-state index contributed by atoms with van der Waals surface area (Å²) in [5.74, 6) is 1.02. The monoisotopic (exact) mass is 279 g/mol. The lowest BCUT2D eigenvalue weighted by Gasteiger charge is -2.35. The van der Waals surface area contributed by atoms with Gasteiger partial charge in [0.15, 0.2) is 0 Å². The van der Waals surface area contributed by atoms with Crippen molar-refractivity contribution in [3.63, 3.8) is 0 Å². The molecule has 16 heavy (non-hydrogen) atoms. The number of nitriles is 1. The quantitative estimate of drug-likeness (QED) is 0.793. The predicted octanol–water partition coefficient (Wildman–Crippen LogP) is 2.93. The highest BCUT2D eigenvalue weighted by Gasteiger charge is 2.44. The van der Waals surface area contributed by atoms with Crippen LogP contribution in [0.1, 0.15) is 43.6 Å². The molecule has 0 saturated heterocycles. The molecule has 1 aliphatic heterocycles. The zero-order chi connectivity index (χ0) is 11.2. The summed E-state index contributed by atoms with van der Waals surface area (Å²) in [6.45, 7) is 1.03. The molecule has 0 amide bonds. The van der Waals surface area contributed by atoms with Crippen molar-refractivity contribution in [2.24, 2.45) is 0 Å². The van der Waals surface area contributed by atoms with Gasteiger partial charge in [0.1, 0.15) is 15.8 Å². The van der Waals surface area contributed by atoms with Crippen molar-refractivity contribution in [3.8, 4) is 6.07 Å². The molecule has 1 aromatic rings. The fraction of sp³-hybridized carbons (Fsp3) is 0.667. The average Bonchev–Trinajstić information content (AvgIpc) is 2.58. The fourth-order valence-electron chi connectivity index (χ4n) is 2.78. The number of aromatic nitrogens is 2. The minimum atomic E-state index is -0.280. The molecule has 0 unspecified atom stereocenters. The summed E-state index contributed by atoms with van der Waals surface area (Å²) in [5.41, 5.74) is 1.01. The van der Waals surface area contributed by atoms with Crippen LogP contribution in [0.3, 0.4) is 0 Å². The van der Waals surface area contributed by atoms with Gasteiger partial charge in [-0.3, -0.25) is 0 Å². The Bertz CT molecular complexity index is 465. The van der Waals surface area contributed by atoms with Crippen LogP contribution in [-0.2, 0) is 18.4 Å². The molecule has 0 bridgehead atoms. The van der Waals surface area contributed by atoms with Gasteiger partial charge in [-0.25, -0.2) is 4.98 Å². The molecule has 0 radical (unpaired) electrons. The number of hydrogen-bond donors (Lipinski definition) is 0. The Balaban J connectivity index is 2.11. The number of hydrogen-bond acceptors (Lipinski definition) is 2. The number of rotatable bonds is 1. The zero-order valence-corrected chi connectivity index (χ0v) is 10.8. The maximum Gasteiger partial charge on any atom is 0.130 e. The smallest absolute Gasteiger partial charge is 0.130 e. The first-order valence-electron chi connectivity index (χ1n) is 5.93. The van der Waals surface area contributed by atoms with E-state index >= 15 is 0 Å². The van der Waals surface area contributed by atoms with E-state index in [1.807, 2.05) is 0 Å². The predicted molar refractivity (Wildman–Crippen MR) is 64.0 cm³/mol. The normalized spacial score (nSPS) is 22.0. The van der Waals surface area contributed by atoms with Crippen molar-refractivity contribution in [2.75, 3.05) is 0 Å². The van der Waals surface area contributed by atoms with Crippen LogP contribution in [0.15, 0.2) is 4.60 Å². The van der Waals surface area contributed by atoms with Crippen LogP contribution in [0.25, 0.3) is 0 Å². The molecule has 1 fully saturated rings. The Morgan fingerprint density at radius 1 is 1.31 bits per heavy atom. The summed E-state index contributed by atoms with van der Waals surface area (Å²) in [4.78, 5) is 4.61. The van der Waals surface area contributed by atoms with Crippen LogP contribution < -0.4 is 0 Å². The summed E-state index contributed by atoms with van der Waals surface area (Å²) in [6, 6.07) is 2.49. The van der Waals surface area contributed by atoms with Crippen LogP contribution in [0.5, 0.6) is 0 Å². The number of fused-ring (bicyclic) bond motifs is 1. The first-order valence-corrected chi connectivity index (χ1v) is 6.73. The maximum absolute atomic E-state index is 9.38. The van der Waals surface area contributed by atoms with Crippen molar-refractivity contribution in [1.29, 1.82) is 5.26 Å². The second-order valence-corrected chi connectivity index (χ2v) is 5.58. The van der Waals surface area contributed by atoms with Crippen molar-refractivity contribution < 1.29 is 0 Å². The molecule has 3 rings (SSSR count). The van der Waals surface area contributed by atoms with Crippen molar-refractivity contribution in [1.82, 2.24) is 9.55 Å². The molecule has 0 N–H and O–H groups in total. The third kappa shape index (κ3) is 1.27. The van der Waals surface area contributed by atoms with E-state index in [0.29, 0.717) is 0 Å². The van der Waals surface area contributed by atoms with Gasteiger partial charge in [0, 0.05) is 6.54 Å². The Labute approximate surface area is 104 Å². The van der Waals surface area contributed by atoms with Crippen molar-refractivity contribution >= 4 is 15.9 Å². The zero-order valence-electron chi connectivity index (χ0n) is 9.17. The molecule has 1 aromatic heterocycles. The Kier molecular flexibility index (Phi) is 2.32.